The van der Waals surface area contributed by atoms with Gasteiger partial charge in [-0.2, -0.15) is 0 Å². The molecule has 0 amide bonds. The molecule has 0 bridgehead atoms. The van der Waals surface area contributed by atoms with Gasteiger partial charge in [-0.1, -0.05) is 25.5 Å². The molecule has 3 rings (SSSR count). The Morgan fingerprint density at radius 2 is 2.05 bits per heavy atom. The second-order valence-corrected chi connectivity index (χ2v) is 5.41. The van der Waals surface area contributed by atoms with Gasteiger partial charge >= 0.3 is 0 Å². The summed E-state index contributed by atoms with van der Waals surface area (Å²) in [6, 6.07) is 9.58. The quantitative estimate of drug-likeness (QED) is 0.882. The van der Waals surface area contributed by atoms with Crippen molar-refractivity contribution in [2.45, 2.75) is 25.8 Å². The number of H-pyrrole nitrogens is 1. The van der Waals surface area contributed by atoms with Crippen LogP contribution in [-0.4, -0.2) is 36.1 Å². The smallest absolute Gasteiger partial charge is 0.0457 e. The highest BCUT2D eigenvalue weighted by atomic mass is 15.2. The molecule has 19 heavy (non-hydrogen) atoms. The summed E-state index contributed by atoms with van der Waals surface area (Å²) < 4.78 is 0. The summed E-state index contributed by atoms with van der Waals surface area (Å²) in [6.07, 6.45) is 4.50. The van der Waals surface area contributed by atoms with Crippen LogP contribution in [0, 0.1) is 0 Å². The van der Waals surface area contributed by atoms with Crippen molar-refractivity contribution < 1.29 is 0 Å². The number of hydrogen-bond donors (Lipinski definition) is 2. The summed E-state index contributed by atoms with van der Waals surface area (Å²) >= 11 is 0. The molecule has 1 fully saturated rings. The maximum Gasteiger partial charge on any atom is 0.0457 e. The highest BCUT2D eigenvalue weighted by Gasteiger charge is 2.21. The van der Waals surface area contributed by atoms with Crippen molar-refractivity contribution in [1.82, 2.24) is 15.2 Å². The summed E-state index contributed by atoms with van der Waals surface area (Å²) in [5.74, 6) is 0. The molecule has 0 aliphatic carbocycles. The Kier molecular flexibility index (Phi) is 3.85. The van der Waals surface area contributed by atoms with E-state index < -0.39 is 0 Å². The number of piperazine rings is 1. The molecule has 0 saturated carbocycles. The van der Waals surface area contributed by atoms with Gasteiger partial charge in [-0.15, -0.1) is 0 Å². The van der Waals surface area contributed by atoms with Crippen molar-refractivity contribution in [2.75, 3.05) is 26.2 Å². The lowest BCUT2D eigenvalue weighted by Crippen LogP contribution is -2.45. The number of hydrogen-bond acceptors (Lipinski definition) is 2. The molecule has 102 valence electrons. The highest BCUT2D eigenvalue weighted by Crippen LogP contribution is 2.28. The molecule has 2 aromatic rings. The minimum atomic E-state index is 0.569. The average Bonchev–Trinajstić information content (AvgIpc) is 2.93. The summed E-state index contributed by atoms with van der Waals surface area (Å²) in [6.45, 7) is 6.83. The maximum absolute atomic E-state index is 3.44. The average molecular weight is 257 g/mol. The van der Waals surface area contributed by atoms with E-state index in [4.69, 9.17) is 0 Å². The number of rotatable bonds is 4. The van der Waals surface area contributed by atoms with Crippen LogP contribution < -0.4 is 5.32 Å². The molecule has 2 N–H and O–H groups in total. The van der Waals surface area contributed by atoms with Gasteiger partial charge in [-0.3, -0.25) is 4.90 Å². The first-order valence-corrected chi connectivity index (χ1v) is 7.40. The second kappa shape index (κ2) is 5.76. The van der Waals surface area contributed by atoms with Crippen LogP contribution in [0.5, 0.6) is 0 Å². The van der Waals surface area contributed by atoms with Crippen LogP contribution in [0.2, 0.25) is 0 Å². The van der Waals surface area contributed by atoms with Crippen LogP contribution in [-0.2, 0) is 0 Å². The largest absolute Gasteiger partial charge is 0.361 e. The van der Waals surface area contributed by atoms with Crippen LogP contribution in [0.25, 0.3) is 10.9 Å². The lowest BCUT2D eigenvalue weighted by molar-refractivity contribution is 0.165. The van der Waals surface area contributed by atoms with Gasteiger partial charge in [0, 0.05) is 43.9 Å². The molecule has 0 spiro atoms. The van der Waals surface area contributed by atoms with Gasteiger partial charge in [0.05, 0.1) is 0 Å². The Morgan fingerprint density at radius 1 is 1.21 bits per heavy atom. The Morgan fingerprint density at radius 3 is 2.84 bits per heavy atom. The monoisotopic (exact) mass is 257 g/mol. The van der Waals surface area contributed by atoms with E-state index in [1.165, 1.54) is 29.3 Å². The van der Waals surface area contributed by atoms with Crippen molar-refractivity contribution in [3.63, 3.8) is 0 Å². The number of nitrogens with one attached hydrogen (secondary N) is 2. The fourth-order valence-corrected chi connectivity index (χ4v) is 3.10. The molecule has 2 heterocycles. The Bertz CT molecular complexity index is 526. The highest BCUT2D eigenvalue weighted by molar-refractivity contribution is 5.79. The van der Waals surface area contributed by atoms with E-state index in [9.17, 15) is 0 Å². The van der Waals surface area contributed by atoms with Crippen LogP contribution in [0.4, 0.5) is 0 Å². The molecule has 3 heteroatoms. The second-order valence-electron chi connectivity index (χ2n) is 5.41. The van der Waals surface area contributed by atoms with E-state index in [1.807, 2.05) is 6.20 Å². The third kappa shape index (κ3) is 2.67. The minimum Gasteiger partial charge on any atom is -0.361 e. The maximum atomic E-state index is 3.44. The van der Waals surface area contributed by atoms with Crippen LogP contribution >= 0.6 is 0 Å². The fourth-order valence-electron chi connectivity index (χ4n) is 3.10. The molecular weight excluding hydrogens is 234 g/mol. The lowest BCUT2D eigenvalue weighted by Gasteiger charge is -2.35. The lowest BCUT2D eigenvalue weighted by atomic mass is 9.99. The van der Waals surface area contributed by atoms with Gasteiger partial charge in [0.25, 0.3) is 0 Å². The molecule has 1 aromatic carbocycles. The van der Waals surface area contributed by atoms with Crippen molar-refractivity contribution in [3.05, 3.63) is 36.0 Å². The van der Waals surface area contributed by atoms with Crippen molar-refractivity contribution in [2.24, 2.45) is 0 Å². The van der Waals surface area contributed by atoms with E-state index >= 15 is 0 Å². The molecule has 1 saturated heterocycles. The molecule has 1 atom stereocenters. The first kappa shape index (κ1) is 12.7. The number of nitrogens with zero attached hydrogens (tertiary/aromatic N) is 1. The molecular formula is C16H23N3. The van der Waals surface area contributed by atoms with Gasteiger partial charge < -0.3 is 10.3 Å². The number of aromatic amines is 1. The zero-order valence-electron chi connectivity index (χ0n) is 11.7. The predicted octanol–water partition coefficient (Wildman–Crippen LogP) is 2.91. The van der Waals surface area contributed by atoms with Gasteiger partial charge in [0.2, 0.25) is 0 Å². The summed E-state index contributed by atoms with van der Waals surface area (Å²) in [5.41, 5.74) is 2.72. The Labute approximate surface area is 115 Å². The van der Waals surface area contributed by atoms with Gasteiger partial charge in [0.15, 0.2) is 0 Å². The zero-order valence-corrected chi connectivity index (χ0v) is 11.7. The Hall–Kier alpha value is -1.32. The molecule has 1 aliphatic heterocycles. The molecule has 1 aromatic heterocycles. The van der Waals surface area contributed by atoms with E-state index in [0.717, 1.165) is 26.2 Å². The standard InChI is InChI=1S/C16H23N3/c1-2-3-16(19-10-8-17-9-11-19)14-5-4-13-6-7-18-15(13)12-14/h4-7,12,16-18H,2-3,8-11H2,1H3/t16-/m0/s1. The van der Waals surface area contributed by atoms with Crippen molar-refractivity contribution >= 4 is 10.9 Å². The third-order valence-corrected chi connectivity index (χ3v) is 4.12. The SMILES string of the molecule is CCC[C@@H](c1ccc2cc[nH]c2c1)N1CCNCC1. The number of aromatic nitrogens is 1. The summed E-state index contributed by atoms with van der Waals surface area (Å²) in [5, 5.41) is 4.75. The first-order valence-electron chi connectivity index (χ1n) is 7.40. The normalized spacial score (nSPS) is 18.8. The third-order valence-electron chi connectivity index (χ3n) is 4.12. The van der Waals surface area contributed by atoms with Gasteiger partial charge in [-0.25, -0.2) is 0 Å². The predicted molar refractivity (Wildman–Crippen MR) is 80.4 cm³/mol. The Balaban J connectivity index is 1.88. The van der Waals surface area contributed by atoms with Crippen LogP contribution in [0.15, 0.2) is 30.5 Å². The van der Waals surface area contributed by atoms with Crippen LogP contribution in [0.1, 0.15) is 31.4 Å². The van der Waals surface area contributed by atoms with Crippen LogP contribution in [0.3, 0.4) is 0 Å². The van der Waals surface area contributed by atoms with E-state index in [-0.39, 0.29) is 0 Å². The van der Waals surface area contributed by atoms with E-state index in [2.05, 4.69) is 46.4 Å². The first-order chi connectivity index (χ1) is 9.38. The van der Waals surface area contributed by atoms with Gasteiger partial charge in [-0.05, 0) is 29.5 Å². The molecule has 0 unspecified atom stereocenters. The minimum absolute atomic E-state index is 0.569. The zero-order chi connectivity index (χ0) is 13.1. The molecule has 0 radical (unpaired) electrons. The number of benzene rings is 1. The molecule has 3 nitrogen and oxygen atoms in total. The fraction of sp³-hybridized carbons (Fsp3) is 0.500. The van der Waals surface area contributed by atoms with Crippen molar-refractivity contribution in [1.29, 1.82) is 0 Å². The van der Waals surface area contributed by atoms with E-state index in [1.54, 1.807) is 0 Å². The summed E-state index contributed by atoms with van der Waals surface area (Å²) in [4.78, 5) is 5.96. The topological polar surface area (TPSA) is 31.1 Å². The molecule has 1 aliphatic rings. The summed E-state index contributed by atoms with van der Waals surface area (Å²) in [7, 11) is 0. The number of fused-ring (bicyclic) bond motifs is 1. The van der Waals surface area contributed by atoms with E-state index in [0.29, 0.717) is 6.04 Å². The van der Waals surface area contributed by atoms with Gasteiger partial charge in [0.1, 0.15) is 0 Å². The van der Waals surface area contributed by atoms with Crippen molar-refractivity contribution in [3.8, 4) is 0 Å².